The Morgan fingerprint density at radius 2 is 2.50 bits per heavy atom. The first kappa shape index (κ1) is 15.0. The van der Waals surface area contributed by atoms with E-state index in [0.717, 1.165) is 38.2 Å². The molecule has 0 unspecified atom stereocenters. The Hall–Kier alpha value is -1.40. The van der Waals surface area contributed by atoms with Gasteiger partial charge < -0.3 is 15.4 Å². The van der Waals surface area contributed by atoms with Crippen LogP contribution in [0.2, 0.25) is 0 Å². The third kappa shape index (κ3) is 4.05. The van der Waals surface area contributed by atoms with Crippen LogP contribution in [0, 0.1) is 5.92 Å². The van der Waals surface area contributed by atoms with Crippen LogP contribution < -0.4 is 10.6 Å². The Balaban J connectivity index is 1.87. The van der Waals surface area contributed by atoms with Crippen LogP contribution in [0.3, 0.4) is 0 Å². The Bertz CT molecular complexity index is 436. The van der Waals surface area contributed by atoms with Crippen molar-refractivity contribution in [3.8, 4) is 0 Å². The normalized spacial score (nSPS) is 19.6. The predicted molar refractivity (Wildman–Crippen MR) is 76.7 cm³/mol. The molecule has 20 heavy (non-hydrogen) atoms. The highest BCUT2D eigenvalue weighted by Crippen LogP contribution is 2.06. The fourth-order valence-electron chi connectivity index (χ4n) is 2.34. The predicted octanol–water partition coefficient (Wildman–Crippen LogP) is 0.338. The van der Waals surface area contributed by atoms with E-state index in [1.807, 2.05) is 13.1 Å². The van der Waals surface area contributed by atoms with Gasteiger partial charge in [0.1, 0.15) is 5.69 Å². The van der Waals surface area contributed by atoms with Crippen molar-refractivity contribution >= 4 is 5.91 Å². The maximum atomic E-state index is 12.2. The van der Waals surface area contributed by atoms with Crippen molar-refractivity contribution in [2.75, 3.05) is 32.8 Å². The average molecular weight is 280 g/mol. The molecule has 0 aliphatic carbocycles. The molecule has 1 saturated heterocycles. The van der Waals surface area contributed by atoms with Gasteiger partial charge in [-0.25, -0.2) is 0 Å². The van der Waals surface area contributed by atoms with Crippen molar-refractivity contribution < 1.29 is 9.53 Å². The molecule has 112 valence electrons. The summed E-state index contributed by atoms with van der Waals surface area (Å²) in [5.41, 5.74) is 1.59. The van der Waals surface area contributed by atoms with Crippen molar-refractivity contribution in [3.63, 3.8) is 0 Å². The minimum Gasteiger partial charge on any atom is -0.380 e. The molecule has 0 bridgehead atoms. The number of hydrogen-bond acceptors (Lipinski definition) is 4. The van der Waals surface area contributed by atoms with Crippen LogP contribution in [0.5, 0.6) is 0 Å². The van der Waals surface area contributed by atoms with Gasteiger partial charge in [0, 0.05) is 32.6 Å². The van der Waals surface area contributed by atoms with E-state index in [1.165, 1.54) is 0 Å². The lowest BCUT2D eigenvalue weighted by Gasteiger charge is -2.14. The zero-order valence-electron chi connectivity index (χ0n) is 12.3. The van der Waals surface area contributed by atoms with E-state index in [-0.39, 0.29) is 5.91 Å². The molecule has 1 aliphatic rings. The third-order valence-electron chi connectivity index (χ3n) is 3.43. The standard InChI is InChI=1S/C14H24N4O2/c1-3-4-12-7-13(18(2)17-12)14(19)16-9-11-8-15-5-6-20-10-11/h7,11,15H,3-6,8-10H2,1-2H3,(H,16,19)/t11-/m0/s1. The molecule has 1 fully saturated rings. The summed E-state index contributed by atoms with van der Waals surface area (Å²) in [4.78, 5) is 12.2. The molecule has 1 aromatic heterocycles. The first-order valence-corrected chi connectivity index (χ1v) is 7.30. The molecular formula is C14H24N4O2. The summed E-state index contributed by atoms with van der Waals surface area (Å²) in [6, 6.07) is 1.88. The first-order valence-electron chi connectivity index (χ1n) is 7.30. The summed E-state index contributed by atoms with van der Waals surface area (Å²) >= 11 is 0. The van der Waals surface area contributed by atoms with Crippen LogP contribution in [-0.2, 0) is 18.2 Å². The molecule has 0 aromatic carbocycles. The second-order valence-corrected chi connectivity index (χ2v) is 5.25. The van der Waals surface area contributed by atoms with E-state index in [4.69, 9.17) is 4.74 Å². The van der Waals surface area contributed by atoms with Crippen LogP contribution in [0.25, 0.3) is 0 Å². The van der Waals surface area contributed by atoms with Gasteiger partial charge in [-0.3, -0.25) is 9.48 Å². The van der Waals surface area contributed by atoms with Crippen molar-refractivity contribution in [2.24, 2.45) is 13.0 Å². The first-order chi connectivity index (χ1) is 9.70. The quantitative estimate of drug-likeness (QED) is 0.816. The summed E-state index contributed by atoms with van der Waals surface area (Å²) in [5.74, 6) is 0.261. The SMILES string of the molecule is CCCc1cc(C(=O)NC[C@@H]2CNCCOC2)n(C)n1. The molecule has 0 spiro atoms. The summed E-state index contributed by atoms with van der Waals surface area (Å²) < 4.78 is 7.13. The maximum Gasteiger partial charge on any atom is 0.269 e. The smallest absolute Gasteiger partial charge is 0.269 e. The summed E-state index contributed by atoms with van der Waals surface area (Å²) in [6.45, 7) is 5.93. The number of carbonyl (C=O) groups excluding carboxylic acids is 1. The Kier molecular flexibility index (Phi) is 5.55. The molecule has 6 nitrogen and oxygen atoms in total. The third-order valence-corrected chi connectivity index (χ3v) is 3.43. The maximum absolute atomic E-state index is 12.2. The van der Waals surface area contributed by atoms with Gasteiger partial charge in [-0.05, 0) is 12.5 Å². The van der Waals surface area contributed by atoms with Crippen LogP contribution in [0.4, 0.5) is 0 Å². The van der Waals surface area contributed by atoms with E-state index in [2.05, 4.69) is 22.7 Å². The number of hydrogen-bond donors (Lipinski definition) is 2. The topological polar surface area (TPSA) is 68.2 Å². The monoisotopic (exact) mass is 280 g/mol. The lowest BCUT2D eigenvalue weighted by Crippen LogP contribution is -2.35. The van der Waals surface area contributed by atoms with Crippen LogP contribution in [0.15, 0.2) is 6.07 Å². The zero-order chi connectivity index (χ0) is 14.4. The number of aromatic nitrogens is 2. The van der Waals surface area contributed by atoms with Gasteiger partial charge in [0.2, 0.25) is 0 Å². The van der Waals surface area contributed by atoms with E-state index < -0.39 is 0 Å². The molecule has 2 N–H and O–H groups in total. The number of nitrogens with zero attached hydrogens (tertiary/aromatic N) is 2. The van der Waals surface area contributed by atoms with E-state index in [9.17, 15) is 4.79 Å². The van der Waals surface area contributed by atoms with E-state index >= 15 is 0 Å². The lowest BCUT2D eigenvalue weighted by atomic mass is 10.1. The van der Waals surface area contributed by atoms with Crippen molar-refractivity contribution in [2.45, 2.75) is 19.8 Å². The average Bonchev–Trinajstić information content (AvgIpc) is 2.65. The van der Waals surface area contributed by atoms with Gasteiger partial charge in [-0.2, -0.15) is 5.10 Å². The molecule has 1 aromatic rings. The number of carbonyl (C=O) groups is 1. The fourth-order valence-corrected chi connectivity index (χ4v) is 2.34. The Morgan fingerprint density at radius 1 is 1.65 bits per heavy atom. The van der Waals surface area contributed by atoms with Crippen molar-refractivity contribution in [1.29, 1.82) is 0 Å². The van der Waals surface area contributed by atoms with E-state index in [0.29, 0.717) is 24.8 Å². The van der Waals surface area contributed by atoms with Crippen LogP contribution in [-0.4, -0.2) is 48.5 Å². The summed E-state index contributed by atoms with van der Waals surface area (Å²) in [7, 11) is 1.81. The number of ether oxygens (including phenoxy) is 1. The minimum atomic E-state index is -0.0633. The minimum absolute atomic E-state index is 0.0633. The van der Waals surface area contributed by atoms with Crippen LogP contribution >= 0.6 is 0 Å². The molecule has 2 rings (SSSR count). The largest absolute Gasteiger partial charge is 0.380 e. The van der Waals surface area contributed by atoms with Gasteiger partial charge in [0.25, 0.3) is 5.91 Å². The number of aryl methyl sites for hydroxylation is 2. The molecule has 0 radical (unpaired) electrons. The fraction of sp³-hybridized carbons (Fsp3) is 0.714. The molecule has 6 heteroatoms. The second kappa shape index (κ2) is 7.40. The second-order valence-electron chi connectivity index (χ2n) is 5.25. The summed E-state index contributed by atoms with van der Waals surface area (Å²) in [6.07, 6.45) is 1.94. The molecule has 1 amide bonds. The number of nitrogens with one attached hydrogen (secondary N) is 2. The van der Waals surface area contributed by atoms with Gasteiger partial charge >= 0.3 is 0 Å². The highest BCUT2D eigenvalue weighted by molar-refractivity contribution is 5.92. The van der Waals surface area contributed by atoms with Gasteiger partial charge in [0.15, 0.2) is 0 Å². The molecule has 0 saturated carbocycles. The lowest BCUT2D eigenvalue weighted by molar-refractivity contribution is 0.0912. The van der Waals surface area contributed by atoms with Crippen molar-refractivity contribution in [1.82, 2.24) is 20.4 Å². The van der Waals surface area contributed by atoms with E-state index in [1.54, 1.807) is 4.68 Å². The number of amides is 1. The van der Waals surface area contributed by atoms with Crippen molar-refractivity contribution in [3.05, 3.63) is 17.5 Å². The number of rotatable bonds is 5. The highest BCUT2D eigenvalue weighted by Gasteiger charge is 2.16. The highest BCUT2D eigenvalue weighted by atomic mass is 16.5. The molecule has 1 atom stereocenters. The Labute approximate surface area is 119 Å². The van der Waals surface area contributed by atoms with Gasteiger partial charge in [0.05, 0.1) is 18.9 Å². The van der Waals surface area contributed by atoms with Crippen LogP contribution in [0.1, 0.15) is 29.5 Å². The summed E-state index contributed by atoms with van der Waals surface area (Å²) in [5, 5.41) is 10.6. The molecular weight excluding hydrogens is 256 g/mol. The van der Waals surface area contributed by atoms with Gasteiger partial charge in [-0.1, -0.05) is 13.3 Å². The van der Waals surface area contributed by atoms with Gasteiger partial charge in [-0.15, -0.1) is 0 Å². The zero-order valence-corrected chi connectivity index (χ0v) is 12.3. The Morgan fingerprint density at radius 3 is 3.30 bits per heavy atom. The molecule has 1 aliphatic heterocycles. The molecule has 2 heterocycles.